The van der Waals surface area contributed by atoms with Gasteiger partial charge in [0.2, 0.25) is 0 Å². The molecule has 0 saturated carbocycles. The van der Waals surface area contributed by atoms with Crippen molar-refractivity contribution in [2.24, 2.45) is 0 Å². The van der Waals surface area contributed by atoms with Gasteiger partial charge in [0.15, 0.2) is 11.6 Å². The largest absolute Gasteiger partial charge is 0.204 e. The Balaban J connectivity index is 3.38. The third-order valence-corrected chi connectivity index (χ3v) is 2.18. The van der Waals surface area contributed by atoms with E-state index in [9.17, 15) is 8.78 Å². The molecule has 1 aromatic carbocycles. The van der Waals surface area contributed by atoms with E-state index in [0.29, 0.717) is 0 Å². The molecule has 0 amide bonds. The number of hydrogen-bond acceptors (Lipinski definition) is 2. The van der Waals surface area contributed by atoms with Crippen molar-refractivity contribution in [1.29, 1.82) is 5.26 Å². The molecule has 0 aliphatic carbocycles. The molecule has 0 aliphatic rings. The maximum Gasteiger partial charge on any atom is 0.173 e. The van der Waals surface area contributed by atoms with E-state index in [-0.39, 0.29) is 10.5 Å². The fraction of sp³-hybridized carbons (Fsp3) is 0.125. The molecule has 1 rings (SSSR count). The van der Waals surface area contributed by atoms with E-state index in [1.807, 2.05) is 0 Å². The predicted octanol–water partition coefficient (Wildman–Crippen LogP) is 2.56. The number of benzene rings is 1. The van der Waals surface area contributed by atoms with Crippen LogP contribution in [0.5, 0.6) is 0 Å². The highest BCUT2D eigenvalue weighted by atomic mass is 32.2. The molecule has 0 fully saturated rings. The monoisotopic (exact) mass is 185 g/mol. The quantitative estimate of drug-likeness (QED) is 0.628. The summed E-state index contributed by atoms with van der Waals surface area (Å²) in [7, 11) is 0. The van der Waals surface area contributed by atoms with Gasteiger partial charge in [-0.2, -0.15) is 5.26 Å². The molecule has 0 saturated heterocycles. The van der Waals surface area contributed by atoms with Gasteiger partial charge in [0.05, 0.1) is 10.5 Å². The number of thioether (sulfide) groups is 1. The zero-order valence-electron chi connectivity index (χ0n) is 6.27. The van der Waals surface area contributed by atoms with E-state index in [2.05, 4.69) is 0 Å². The first kappa shape index (κ1) is 9.01. The van der Waals surface area contributed by atoms with E-state index in [0.717, 1.165) is 17.8 Å². The molecule has 0 heterocycles. The van der Waals surface area contributed by atoms with Crippen LogP contribution in [0.4, 0.5) is 8.78 Å². The third-order valence-electron chi connectivity index (χ3n) is 1.37. The topological polar surface area (TPSA) is 23.8 Å². The van der Waals surface area contributed by atoms with Crippen molar-refractivity contribution in [3.8, 4) is 6.07 Å². The van der Waals surface area contributed by atoms with Crippen molar-refractivity contribution >= 4 is 11.8 Å². The Morgan fingerprint density at radius 3 is 2.58 bits per heavy atom. The Hall–Kier alpha value is -1.08. The molecule has 0 spiro atoms. The van der Waals surface area contributed by atoms with Gasteiger partial charge in [-0.15, -0.1) is 11.8 Å². The summed E-state index contributed by atoms with van der Waals surface area (Å²) in [6.45, 7) is 0. The molecule has 0 bridgehead atoms. The van der Waals surface area contributed by atoms with Crippen LogP contribution in [0.15, 0.2) is 17.0 Å². The fourth-order valence-corrected chi connectivity index (χ4v) is 1.43. The van der Waals surface area contributed by atoms with Crippen LogP contribution in [0.1, 0.15) is 5.56 Å². The lowest BCUT2D eigenvalue weighted by atomic mass is 10.2. The number of nitriles is 1. The molecule has 0 N–H and O–H groups in total. The lowest BCUT2D eigenvalue weighted by Gasteiger charge is -2.01. The van der Waals surface area contributed by atoms with Gasteiger partial charge in [0.25, 0.3) is 0 Å². The van der Waals surface area contributed by atoms with Crippen LogP contribution >= 0.6 is 11.8 Å². The average Bonchev–Trinajstić information content (AvgIpc) is 2.09. The van der Waals surface area contributed by atoms with Gasteiger partial charge in [0, 0.05) is 0 Å². The standard InChI is InChI=1S/C8H5F2NS/c1-12-8-5(4-11)2-3-6(9)7(8)10/h2-3H,1H3. The second-order valence-corrected chi connectivity index (χ2v) is 2.87. The Kier molecular flexibility index (Phi) is 2.66. The SMILES string of the molecule is CSc1c(C#N)ccc(F)c1F. The van der Waals surface area contributed by atoms with Crippen molar-refractivity contribution < 1.29 is 8.78 Å². The highest BCUT2D eigenvalue weighted by Gasteiger charge is 2.11. The summed E-state index contributed by atoms with van der Waals surface area (Å²) in [5, 5.41) is 8.51. The molecular formula is C8H5F2NS. The molecule has 0 radical (unpaired) electrons. The molecule has 12 heavy (non-hydrogen) atoms. The van der Waals surface area contributed by atoms with Gasteiger partial charge in [-0.3, -0.25) is 0 Å². The first-order valence-electron chi connectivity index (χ1n) is 3.12. The normalized spacial score (nSPS) is 9.50. The van der Waals surface area contributed by atoms with Crippen LogP contribution in [0.3, 0.4) is 0 Å². The van der Waals surface area contributed by atoms with Gasteiger partial charge >= 0.3 is 0 Å². The molecule has 0 aromatic heterocycles. The van der Waals surface area contributed by atoms with Gasteiger partial charge in [0.1, 0.15) is 6.07 Å². The number of halogens is 2. The van der Waals surface area contributed by atoms with Crippen molar-refractivity contribution in [2.45, 2.75) is 4.90 Å². The van der Waals surface area contributed by atoms with Crippen LogP contribution in [-0.2, 0) is 0 Å². The zero-order valence-corrected chi connectivity index (χ0v) is 7.08. The van der Waals surface area contributed by atoms with E-state index in [1.165, 1.54) is 6.07 Å². The van der Waals surface area contributed by atoms with Crippen LogP contribution in [-0.4, -0.2) is 6.26 Å². The van der Waals surface area contributed by atoms with Crippen LogP contribution in [0.2, 0.25) is 0 Å². The molecule has 62 valence electrons. The highest BCUT2D eigenvalue weighted by Crippen LogP contribution is 2.24. The number of nitrogens with zero attached hydrogens (tertiary/aromatic N) is 1. The van der Waals surface area contributed by atoms with E-state index < -0.39 is 11.6 Å². The summed E-state index contributed by atoms with van der Waals surface area (Å²) in [6.07, 6.45) is 1.60. The van der Waals surface area contributed by atoms with Crippen molar-refractivity contribution in [2.75, 3.05) is 6.26 Å². The lowest BCUT2D eigenvalue weighted by Crippen LogP contribution is -1.90. The predicted molar refractivity (Wildman–Crippen MR) is 42.9 cm³/mol. The Labute approximate surface area is 73.0 Å². The molecular weight excluding hydrogens is 180 g/mol. The minimum Gasteiger partial charge on any atom is -0.204 e. The van der Waals surface area contributed by atoms with Gasteiger partial charge < -0.3 is 0 Å². The lowest BCUT2D eigenvalue weighted by molar-refractivity contribution is 0.491. The van der Waals surface area contributed by atoms with Gasteiger partial charge in [-0.1, -0.05) is 0 Å². The maximum absolute atomic E-state index is 12.9. The summed E-state index contributed by atoms with van der Waals surface area (Å²) < 4.78 is 25.5. The summed E-state index contributed by atoms with van der Waals surface area (Å²) in [6, 6.07) is 4.01. The Bertz CT molecular complexity index is 344. The number of rotatable bonds is 1. The molecule has 1 nitrogen and oxygen atoms in total. The maximum atomic E-state index is 12.9. The first-order chi connectivity index (χ1) is 5.70. The van der Waals surface area contributed by atoms with Crippen molar-refractivity contribution in [3.05, 3.63) is 29.3 Å². The molecule has 4 heteroatoms. The second kappa shape index (κ2) is 3.55. The van der Waals surface area contributed by atoms with Gasteiger partial charge in [-0.05, 0) is 18.4 Å². The van der Waals surface area contributed by atoms with E-state index >= 15 is 0 Å². The molecule has 0 unspecified atom stereocenters. The van der Waals surface area contributed by atoms with E-state index in [4.69, 9.17) is 5.26 Å². The van der Waals surface area contributed by atoms with Crippen molar-refractivity contribution in [3.63, 3.8) is 0 Å². The molecule has 0 atom stereocenters. The molecule has 0 aliphatic heterocycles. The van der Waals surface area contributed by atoms with Crippen LogP contribution in [0, 0.1) is 23.0 Å². The third kappa shape index (κ3) is 1.41. The van der Waals surface area contributed by atoms with Crippen molar-refractivity contribution in [1.82, 2.24) is 0 Å². The average molecular weight is 185 g/mol. The Morgan fingerprint density at radius 2 is 2.08 bits per heavy atom. The summed E-state index contributed by atoms with van der Waals surface area (Å²) in [5.74, 6) is -1.86. The highest BCUT2D eigenvalue weighted by molar-refractivity contribution is 7.98. The second-order valence-electron chi connectivity index (χ2n) is 2.05. The minimum atomic E-state index is -0.943. The first-order valence-corrected chi connectivity index (χ1v) is 4.35. The zero-order chi connectivity index (χ0) is 9.14. The summed E-state index contributed by atoms with van der Waals surface area (Å²) >= 11 is 1.02. The summed E-state index contributed by atoms with van der Waals surface area (Å²) in [4.78, 5) is 0.0671. The minimum absolute atomic E-state index is 0.0671. The van der Waals surface area contributed by atoms with Gasteiger partial charge in [-0.25, -0.2) is 8.78 Å². The number of hydrogen-bond donors (Lipinski definition) is 0. The van der Waals surface area contributed by atoms with E-state index in [1.54, 1.807) is 12.3 Å². The Morgan fingerprint density at radius 1 is 1.42 bits per heavy atom. The van der Waals surface area contributed by atoms with Crippen LogP contribution < -0.4 is 0 Å². The smallest absolute Gasteiger partial charge is 0.173 e. The van der Waals surface area contributed by atoms with Crippen LogP contribution in [0.25, 0.3) is 0 Å². The summed E-state index contributed by atoms with van der Waals surface area (Å²) in [5.41, 5.74) is 0.168. The molecule has 1 aromatic rings. The fourth-order valence-electron chi connectivity index (χ4n) is 0.820.